The molecule has 1 aliphatic rings. The maximum atomic E-state index is 13.0. The third-order valence-electron chi connectivity index (χ3n) is 5.41. The van der Waals surface area contributed by atoms with Gasteiger partial charge in [-0.05, 0) is 49.0 Å². The zero-order chi connectivity index (χ0) is 23.0. The number of halogens is 2. The van der Waals surface area contributed by atoms with Crippen molar-refractivity contribution >= 4 is 69.3 Å². The smallest absolute Gasteiger partial charge is 0.265 e. The minimum Gasteiger partial charge on any atom is -0.340 e. The highest BCUT2D eigenvalue weighted by Gasteiger charge is 2.33. The van der Waals surface area contributed by atoms with Crippen LogP contribution in [0.25, 0.3) is 17.0 Å². The first-order valence-corrected chi connectivity index (χ1v) is 11.0. The summed E-state index contributed by atoms with van der Waals surface area (Å²) >= 11 is 17.6. The molecule has 1 fully saturated rings. The molecule has 0 atom stereocenters. The van der Waals surface area contributed by atoms with Crippen LogP contribution < -0.4 is 5.32 Å². The van der Waals surface area contributed by atoms with Crippen LogP contribution in [0.2, 0.25) is 10.0 Å². The summed E-state index contributed by atoms with van der Waals surface area (Å²) in [5.41, 5.74) is 3.58. The molecule has 0 aliphatic carbocycles. The van der Waals surface area contributed by atoms with Crippen LogP contribution in [0.3, 0.4) is 0 Å². The van der Waals surface area contributed by atoms with E-state index in [4.69, 9.17) is 35.4 Å². The van der Waals surface area contributed by atoms with Crippen LogP contribution in [0, 0.1) is 6.92 Å². The van der Waals surface area contributed by atoms with Crippen molar-refractivity contribution in [3.8, 4) is 0 Å². The number of carbonyl (C=O) groups is 2. The molecular weight excluding hydrogens is 465 g/mol. The lowest BCUT2D eigenvalue weighted by Crippen LogP contribution is -2.53. The number of carbonyl (C=O) groups excluding carboxylic acids is 2. The number of nitrogens with one attached hydrogen (secondary N) is 1. The van der Waals surface area contributed by atoms with E-state index in [0.29, 0.717) is 16.6 Å². The van der Waals surface area contributed by atoms with Crippen LogP contribution in [-0.4, -0.2) is 32.9 Å². The predicted molar refractivity (Wildman–Crippen MR) is 133 cm³/mol. The summed E-state index contributed by atoms with van der Waals surface area (Å²) in [6.07, 6.45) is 3.19. The zero-order valence-electron chi connectivity index (χ0n) is 17.2. The molecule has 2 heterocycles. The minimum absolute atomic E-state index is 0.0241. The molecule has 0 unspecified atom stereocenters. The molecule has 1 aromatic heterocycles. The van der Waals surface area contributed by atoms with Gasteiger partial charge in [-0.15, -0.1) is 6.58 Å². The van der Waals surface area contributed by atoms with E-state index in [0.717, 1.165) is 27.7 Å². The fraction of sp³-hybridized carbons (Fsp3) is 0.125. The minimum atomic E-state index is -0.516. The average Bonchev–Trinajstić information content (AvgIpc) is 3.01. The molecule has 32 heavy (non-hydrogen) atoms. The van der Waals surface area contributed by atoms with Crippen molar-refractivity contribution < 1.29 is 9.59 Å². The number of hydrogen-bond acceptors (Lipinski definition) is 3. The van der Waals surface area contributed by atoms with Gasteiger partial charge < -0.3 is 4.57 Å². The van der Waals surface area contributed by atoms with Crippen molar-refractivity contribution in [3.63, 3.8) is 0 Å². The van der Waals surface area contributed by atoms with Gasteiger partial charge in [0.1, 0.15) is 5.57 Å². The van der Waals surface area contributed by atoms with Crippen molar-refractivity contribution in [3.05, 3.63) is 87.6 Å². The second kappa shape index (κ2) is 8.90. The molecule has 2 amide bonds. The molecule has 0 radical (unpaired) electrons. The monoisotopic (exact) mass is 483 g/mol. The van der Waals surface area contributed by atoms with Crippen molar-refractivity contribution in [2.45, 2.75) is 13.5 Å². The normalized spacial score (nSPS) is 15.5. The van der Waals surface area contributed by atoms with Crippen molar-refractivity contribution in [1.82, 2.24) is 14.8 Å². The fourth-order valence-corrected chi connectivity index (χ4v) is 4.52. The topological polar surface area (TPSA) is 54.3 Å². The van der Waals surface area contributed by atoms with Gasteiger partial charge >= 0.3 is 0 Å². The molecule has 8 heteroatoms. The highest BCUT2D eigenvalue weighted by molar-refractivity contribution is 7.80. The second-order valence-electron chi connectivity index (χ2n) is 7.36. The van der Waals surface area contributed by atoms with E-state index >= 15 is 0 Å². The highest BCUT2D eigenvalue weighted by atomic mass is 35.5. The van der Waals surface area contributed by atoms with E-state index in [1.165, 1.54) is 4.90 Å². The Morgan fingerprint density at radius 3 is 2.62 bits per heavy atom. The number of benzene rings is 2. The lowest BCUT2D eigenvalue weighted by Gasteiger charge is -2.27. The van der Waals surface area contributed by atoms with E-state index < -0.39 is 11.8 Å². The maximum absolute atomic E-state index is 13.0. The largest absolute Gasteiger partial charge is 0.340 e. The molecule has 1 aliphatic heterocycles. The van der Waals surface area contributed by atoms with Gasteiger partial charge in [-0.3, -0.25) is 19.8 Å². The molecule has 1 N–H and O–H groups in total. The van der Waals surface area contributed by atoms with E-state index in [9.17, 15) is 9.59 Å². The van der Waals surface area contributed by atoms with Crippen LogP contribution in [-0.2, 0) is 16.1 Å². The van der Waals surface area contributed by atoms with Gasteiger partial charge in [-0.25, -0.2) is 0 Å². The highest BCUT2D eigenvalue weighted by Crippen LogP contribution is 2.31. The van der Waals surface area contributed by atoms with Crippen LogP contribution in [0.15, 0.2) is 60.7 Å². The lowest BCUT2D eigenvalue weighted by molar-refractivity contribution is -0.128. The lowest BCUT2D eigenvalue weighted by atomic mass is 10.0. The summed E-state index contributed by atoms with van der Waals surface area (Å²) in [6.45, 7) is 6.33. The van der Waals surface area contributed by atoms with Gasteiger partial charge in [0, 0.05) is 45.3 Å². The molecule has 1 saturated heterocycles. The second-order valence-corrected chi connectivity index (χ2v) is 8.59. The number of nitrogens with zero attached hydrogens (tertiary/aromatic N) is 2. The molecule has 2 aromatic carbocycles. The Bertz CT molecular complexity index is 1330. The van der Waals surface area contributed by atoms with E-state index in [-0.39, 0.29) is 17.2 Å². The molecule has 3 aromatic rings. The molecule has 0 bridgehead atoms. The molecule has 4 rings (SSSR count). The molecule has 5 nitrogen and oxygen atoms in total. The van der Waals surface area contributed by atoms with Gasteiger partial charge in [0.25, 0.3) is 11.8 Å². The Hall–Kier alpha value is -2.93. The quantitative estimate of drug-likeness (QED) is 0.237. The summed E-state index contributed by atoms with van der Waals surface area (Å²) in [5.74, 6) is -0.965. The summed E-state index contributed by atoms with van der Waals surface area (Å²) < 4.78 is 2.11. The standard InChI is InChI=1S/C24H19Cl2N3O2S/c1-3-10-28-23(31)19(22(30)27-24(28)32)12-18-14(2)29(21-7-5-4-6-17(18)21)13-15-8-9-16(25)11-20(15)26/h3-9,11-12H,1,10,13H2,2H3,(H,27,30,32)/b19-12+. The Morgan fingerprint density at radius 2 is 1.91 bits per heavy atom. The Labute approximate surface area is 200 Å². The number of amides is 2. The van der Waals surface area contributed by atoms with Gasteiger partial charge in [0.15, 0.2) is 5.11 Å². The van der Waals surface area contributed by atoms with E-state index in [1.807, 2.05) is 37.3 Å². The van der Waals surface area contributed by atoms with Crippen LogP contribution in [0.4, 0.5) is 0 Å². The van der Waals surface area contributed by atoms with Gasteiger partial charge in [-0.1, -0.05) is 53.5 Å². The van der Waals surface area contributed by atoms with E-state index in [2.05, 4.69) is 16.5 Å². The third kappa shape index (κ3) is 3.97. The zero-order valence-corrected chi connectivity index (χ0v) is 19.5. The van der Waals surface area contributed by atoms with Crippen molar-refractivity contribution in [1.29, 1.82) is 0 Å². The summed E-state index contributed by atoms with van der Waals surface area (Å²) in [5, 5.41) is 4.73. The number of thiocarbonyl (C=S) groups is 1. The van der Waals surface area contributed by atoms with Crippen LogP contribution in [0.5, 0.6) is 0 Å². The molecule has 162 valence electrons. The average molecular weight is 484 g/mol. The predicted octanol–water partition coefficient (Wildman–Crippen LogP) is 5.12. The van der Waals surface area contributed by atoms with Crippen LogP contribution >= 0.6 is 35.4 Å². The van der Waals surface area contributed by atoms with Gasteiger partial charge in [0.05, 0.1) is 0 Å². The Balaban J connectivity index is 1.84. The first-order chi connectivity index (χ1) is 15.3. The molecule has 0 spiro atoms. The first kappa shape index (κ1) is 22.3. The van der Waals surface area contributed by atoms with Gasteiger partial charge in [0.2, 0.25) is 0 Å². The van der Waals surface area contributed by atoms with Crippen molar-refractivity contribution in [2.75, 3.05) is 6.54 Å². The fourth-order valence-electron chi connectivity index (χ4n) is 3.80. The molecular formula is C24H19Cl2N3O2S. The maximum Gasteiger partial charge on any atom is 0.265 e. The van der Waals surface area contributed by atoms with Crippen molar-refractivity contribution in [2.24, 2.45) is 0 Å². The molecule has 0 saturated carbocycles. The number of aromatic nitrogens is 1. The first-order valence-electron chi connectivity index (χ1n) is 9.83. The third-order valence-corrected chi connectivity index (χ3v) is 6.32. The van der Waals surface area contributed by atoms with E-state index in [1.54, 1.807) is 24.3 Å². The SMILES string of the molecule is C=CCN1C(=O)/C(=C/c2c(C)n(Cc3ccc(Cl)cc3Cl)c3ccccc23)C(=O)NC1=S. The summed E-state index contributed by atoms with van der Waals surface area (Å²) in [7, 11) is 0. The Kier molecular flexibility index (Phi) is 6.20. The van der Waals surface area contributed by atoms with Crippen LogP contribution in [0.1, 0.15) is 16.8 Å². The number of hydrogen-bond donors (Lipinski definition) is 1. The van der Waals surface area contributed by atoms with Gasteiger partial charge in [-0.2, -0.15) is 0 Å². The number of para-hydroxylation sites is 1. The Morgan fingerprint density at radius 1 is 1.16 bits per heavy atom. The number of rotatable bonds is 5. The number of fused-ring (bicyclic) bond motifs is 1. The summed E-state index contributed by atoms with van der Waals surface area (Å²) in [4.78, 5) is 26.9. The summed E-state index contributed by atoms with van der Waals surface area (Å²) in [6, 6.07) is 13.2.